The van der Waals surface area contributed by atoms with E-state index >= 15 is 0 Å². The fraction of sp³-hybridized carbons (Fsp3) is 0.448. The summed E-state index contributed by atoms with van der Waals surface area (Å²) < 4.78 is 6.01. The standard InChI is InChI=1S/C29H35N5O3S/c1-18-17-21(37-20-8-4-3-5-9-20)10-11-22(18)34-23-12-14-30-28-24(23)25(32-29(34)36)26(38-28)27(35)31-19-7-6-15-33(2)16-13-19/h3-5,8-11,17,19,23-24,28,30H,6-7,12-16H2,1-2H3,(H,31,35)(H,32,36). The number of nitrogens with one attached hydrogen (secondary N) is 3. The number of para-hydroxylation sites is 1. The summed E-state index contributed by atoms with van der Waals surface area (Å²) in [5, 5.41) is 10.1. The van der Waals surface area contributed by atoms with Gasteiger partial charge < -0.3 is 25.6 Å². The van der Waals surface area contributed by atoms with Crippen molar-refractivity contribution in [2.45, 2.75) is 50.1 Å². The van der Waals surface area contributed by atoms with Crippen LogP contribution in [0.4, 0.5) is 10.5 Å². The molecule has 3 fully saturated rings. The fourth-order valence-corrected chi connectivity index (χ4v) is 7.52. The van der Waals surface area contributed by atoms with E-state index in [1.165, 1.54) is 0 Å². The summed E-state index contributed by atoms with van der Waals surface area (Å²) in [5.41, 5.74) is 2.62. The predicted octanol–water partition coefficient (Wildman–Crippen LogP) is 4.18. The number of anilines is 1. The van der Waals surface area contributed by atoms with Crippen LogP contribution in [0.15, 0.2) is 59.1 Å². The third-order valence-electron chi connectivity index (χ3n) is 8.04. The minimum Gasteiger partial charge on any atom is -0.457 e. The first-order valence-electron chi connectivity index (χ1n) is 13.6. The van der Waals surface area contributed by atoms with Crippen molar-refractivity contribution in [3.8, 4) is 11.5 Å². The average Bonchev–Trinajstić information content (AvgIpc) is 3.15. The maximum Gasteiger partial charge on any atom is 0.326 e. The van der Waals surface area contributed by atoms with Gasteiger partial charge in [0, 0.05) is 23.3 Å². The molecule has 2 aromatic rings. The zero-order chi connectivity index (χ0) is 26.2. The first kappa shape index (κ1) is 25.3. The molecule has 0 radical (unpaired) electrons. The number of carbonyl (C=O) groups is 2. The molecule has 0 aromatic heterocycles. The highest BCUT2D eigenvalue weighted by Crippen LogP contribution is 2.48. The molecule has 4 aliphatic rings. The lowest BCUT2D eigenvalue weighted by Gasteiger charge is -2.46. The number of carbonyl (C=O) groups excluding carboxylic acids is 2. The maximum atomic E-state index is 13.6. The highest BCUT2D eigenvalue weighted by molar-refractivity contribution is 8.04. The van der Waals surface area contributed by atoms with Crippen molar-refractivity contribution in [2.24, 2.45) is 5.92 Å². The fourth-order valence-electron chi connectivity index (χ4n) is 6.12. The molecular weight excluding hydrogens is 498 g/mol. The van der Waals surface area contributed by atoms with Gasteiger partial charge >= 0.3 is 6.03 Å². The van der Waals surface area contributed by atoms with E-state index in [1.54, 1.807) is 11.8 Å². The molecule has 4 atom stereocenters. The van der Waals surface area contributed by atoms with Crippen LogP contribution in [0.2, 0.25) is 0 Å². The van der Waals surface area contributed by atoms with Gasteiger partial charge in [0.1, 0.15) is 11.5 Å². The molecule has 3 amide bonds. The lowest BCUT2D eigenvalue weighted by Crippen LogP contribution is -2.62. The highest BCUT2D eigenvalue weighted by Gasteiger charge is 2.52. The summed E-state index contributed by atoms with van der Waals surface area (Å²) in [6.07, 6.45) is 3.84. The van der Waals surface area contributed by atoms with Crippen molar-refractivity contribution in [1.82, 2.24) is 20.9 Å². The molecule has 3 saturated heterocycles. The molecular formula is C29H35N5O3S. The van der Waals surface area contributed by atoms with Gasteiger partial charge in [-0.25, -0.2) is 4.79 Å². The van der Waals surface area contributed by atoms with Crippen LogP contribution in [0.3, 0.4) is 0 Å². The Hall–Kier alpha value is -3.01. The van der Waals surface area contributed by atoms with Crippen LogP contribution in [0, 0.1) is 12.8 Å². The Kier molecular flexibility index (Phi) is 7.07. The minimum absolute atomic E-state index is 0.0195. The number of likely N-dealkylation sites (tertiary alicyclic amines) is 1. The topological polar surface area (TPSA) is 85.9 Å². The number of urea groups is 1. The molecule has 4 unspecified atom stereocenters. The molecule has 9 heteroatoms. The molecule has 0 spiro atoms. The molecule has 0 aliphatic carbocycles. The number of ether oxygens (including phenoxy) is 1. The Morgan fingerprint density at radius 1 is 1.08 bits per heavy atom. The quantitative estimate of drug-likeness (QED) is 0.535. The van der Waals surface area contributed by atoms with E-state index in [2.05, 4.69) is 27.9 Å². The predicted molar refractivity (Wildman–Crippen MR) is 150 cm³/mol. The van der Waals surface area contributed by atoms with E-state index < -0.39 is 0 Å². The first-order valence-corrected chi connectivity index (χ1v) is 14.4. The molecule has 0 bridgehead atoms. The summed E-state index contributed by atoms with van der Waals surface area (Å²) >= 11 is 1.57. The Morgan fingerprint density at radius 3 is 2.74 bits per heavy atom. The van der Waals surface area contributed by atoms with Crippen LogP contribution < -0.4 is 25.6 Å². The molecule has 8 nitrogen and oxygen atoms in total. The monoisotopic (exact) mass is 533 g/mol. The molecule has 4 aliphatic heterocycles. The SMILES string of the molecule is Cc1cc(Oc2ccccc2)ccc1N1C(=O)NC2=C(C(=O)NC3CCCN(C)CC3)SC3NCCC1C23. The van der Waals surface area contributed by atoms with E-state index in [0.29, 0.717) is 4.91 Å². The van der Waals surface area contributed by atoms with Gasteiger partial charge in [-0.05, 0) is 95.2 Å². The molecule has 6 rings (SSSR count). The number of rotatable bonds is 5. The Labute approximate surface area is 228 Å². The van der Waals surface area contributed by atoms with Crippen molar-refractivity contribution >= 4 is 29.4 Å². The van der Waals surface area contributed by atoms with Crippen molar-refractivity contribution in [3.05, 3.63) is 64.7 Å². The largest absolute Gasteiger partial charge is 0.457 e. The second kappa shape index (κ2) is 10.6. The van der Waals surface area contributed by atoms with Gasteiger partial charge in [-0.15, -0.1) is 0 Å². The van der Waals surface area contributed by atoms with Crippen LogP contribution in [-0.2, 0) is 4.79 Å². The van der Waals surface area contributed by atoms with Crippen LogP contribution in [-0.4, -0.2) is 61.0 Å². The van der Waals surface area contributed by atoms with E-state index in [4.69, 9.17) is 4.74 Å². The average molecular weight is 534 g/mol. The summed E-state index contributed by atoms with van der Waals surface area (Å²) in [7, 11) is 2.13. The molecule has 38 heavy (non-hydrogen) atoms. The number of benzene rings is 2. The number of amides is 3. The van der Waals surface area contributed by atoms with Crippen LogP contribution in [0.1, 0.15) is 31.2 Å². The molecule has 2 aromatic carbocycles. The van der Waals surface area contributed by atoms with E-state index in [9.17, 15) is 9.59 Å². The number of aryl methyl sites for hydroxylation is 1. The number of hydrogen-bond acceptors (Lipinski definition) is 6. The van der Waals surface area contributed by atoms with Crippen molar-refractivity contribution < 1.29 is 14.3 Å². The van der Waals surface area contributed by atoms with Gasteiger partial charge in [-0.3, -0.25) is 9.69 Å². The smallest absolute Gasteiger partial charge is 0.326 e. The molecule has 0 saturated carbocycles. The Bertz CT molecular complexity index is 1250. The van der Waals surface area contributed by atoms with Gasteiger partial charge in [-0.2, -0.15) is 0 Å². The molecule has 3 N–H and O–H groups in total. The van der Waals surface area contributed by atoms with Crippen LogP contribution in [0.5, 0.6) is 11.5 Å². The lowest BCUT2D eigenvalue weighted by atomic mass is 9.86. The van der Waals surface area contributed by atoms with Crippen molar-refractivity contribution in [1.29, 1.82) is 0 Å². The Balaban J connectivity index is 1.23. The summed E-state index contributed by atoms with van der Waals surface area (Å²) in [4.78, 5) is 31.9. The second-order valence-corrected chi connectivity index (χ2v) is 11.8. The molecule has 4 heterocycles. The maximum absolute atomic E-state index is 13.6. The summed E-state index contributed by atoms with van der Waals surface area (Å²) in [6.45, 7) is 4.86. The normalized spacial score (nSPS) is 27.4. The van der Waals surface area contributed by atoms with Gasteiger partial charge in [-0.1, -0.05) is 30.0 Å². The van der Waals surface area contributed by atoms with E-state index in [-0.39, 0.29) is 35.3 Å². The van der Waals surface area contributed by atoms with E-state index in [0.717, 1.165) is 73.8 Å². The minimum atomic E-state index is -0.175. The van der Waals surface area contributed by atoms with Crippen molar-refractivity contribution in [2.75, 3.05) is 31.6 Å². The number of thioether (sulfide) groups is 1. The number of hydrogen-bond donors (Lipinski definition) is 3. The van der Waals surface area contributed by atoms with Crippen LogP contribution in [0.25, 0.3) is 0 Å². The van der Waals surface area contributed by atoms with Gasteiger partial charge in [0.15, 0.2) is 0 Å². The summed E-state index contributed by atoms with van der Waals surface area (Å²) in [6, 6.07) is 15.5. The zero-order valence-corrected chi connectivity index (χ0v) is 22.7. The number of nitrogens with zero attached hydrogens (tertiary/aromatic N) is 2. The highest BCUT2D eigenvalue weighted by atomic mass is 32.2. The van der Waals surface area contributed by atoms with Gasteiger partial charge in [0.25, 0.3) is 5.91 Å². The van der Waals surface area contributed by atoms with Gasteiger partial charge in [0.05, 0.1) is 16.3 Å². The Morgan fingerprint density at radius 2 is 1.92 bits per heavy atom. The third-order valence-corrected chi connectivity index (χ3v) is 9.40. The van der Waals surface area contributed by atoms with Gasteiger partial charge in [0.2, 0.25) is 0 Å². The summed E-state index contributed by atoms with van der Waals surface area (Å²) in [5.74, 6) is 1.49. The van der Waals surface area contributed by atoms with Crippen LogP contribution >= 0.6 is 11.8 Å². The zero-order valence-electron chi connectivity index (χ0n) is 21.9. The first-order chi connectivity index (χ1) is 18.5. The molecule has 200 valence electrons. The van der Waals surface area contributed by atoms with Crippen molar-refractivity contribution in [3.63, 3.8) is 0 Å². The number of piperidine rings is 1. The van der Waals surface area contributed by atoms with E-state index in [1.807, 2.05) is 60.4 Å². The second-order valence-electron chi connectivity index (χ2n) is 10.7. The third kappa shape index (κ3) is 4.90. The lowest BCUT2D eigenvalue weighted by molar-refractivity contribution is -0.117.